The van der Waals surface area contributed by atoms with Crippen LogP contribution >= 0.6 is 0 Å². The maximum Gasteiger partial charge on any atom is 0.00104 e. The van der Waals surface area contributed by atoms with Gasteiger partial charge in [-0.15, -0.1) is 0 Å². The molecule has 0 spiro atoms. The molecular formula is C14H30N2. The Hall–Kier alpha value is -0.0800. The van der Waals surface area contributed by atoms with Crippen LogP contribution in [-0.2, 0) is 0 Å². The molecule has 2 nitrogen and oxygen atoms in total. The highest BCUT2D eigenvalue weighted by Crippen LogP contribution is 2.28. The molecule has 0 heterocycles. The Morgan fingerprint density at radius 3 is 1.31 bits per heavy atom. The van der Waals surface area contributed by atoms with Gasteiger partial charge < -0.3 is 10.6 Å². The molecule has 0 aromatic heterocycles. The molecule has 0 radical (unpaired) electrons. The largest absolute Gasteiger partial charge is 0.314 e. The molecule has 0 amide bonds. The van der Waals surface area contributed by atoms with Crippen LogP contribution in [0.5, 0.6) is 0 Å². The van der Waals surface area contributed by atoms with Gasteiger partial charge in [-0.2, -0.15) is 0 Å². The zero-order valence-electron chi connectivity index (χ0n) is 11.6. The lowest BCUT2D eigenvalue weighted by Gasteiger charge is -2.29. The summed E-state index contributed by atoms with van der Waals surface area (Å²) in [7, 11) is 0. The van der Waals surface area contributed by atoms with Crippen molar-refractivity contribution in [1.82, 2.24) is 10.6 Å². The van der Waals surface area contributed by atoms with Crippen LogP contribution in [0.2, 0.25) is 0 Å². The lowest BCUT2D eigenvalue weighted by atomic mass is 9.82. The first-order valence-corrected chi connectivity index (χ1v) is 7.04. The van der Waals surface area contributed by atoms with Crippen molar-refractivity contribution in [1.29, 1.82) is 0 Å². The fraction of sp³-hybridized carbons (Fsp3) is 1.00. The van der Waals surface area contributed by atoms with Gasteiger partial charge in [0.15, 0.2) is 0 Å². The van der Waals surface area contributed by atoms with E-state index in [0.717, 1.165) is 11.8 Å². The monoisotopic (exact) mass is 226 g/mol. The predicted molar refractivity (Wildman–Crippen MR) is 71.7 cm³/mol. The molecule has 0 atom stereocenters. The van der Waals surface area contributed by atoms with Gasteiger partial charge >= 0.3 is 0 Å². The number of rotatable bonds is 6. The Bertz CT molecular complexity index is 150. The van der Waals surface area contributed by atoms with E-state index in [-0.39, 0.29) is 0 Å². The fourth-order valence-corrected chi connectivity index (χ4v) is 2.44. The summed E-state index contributed by atoms with van der Waals surface area (Å²) in [6.07, 6.45) is 5.68. The van der Waals surface area contributed by atoms with Gasteiger partial charge in [-0.25, -0.2) is 0 Å². The van der Waals surface area contributed by atoms with E-state index in [1.807, 2.05) is 0 Å². The van der Waals surface area contributed by atoms with E-state index in [1.165, 1.54) is 38.8 Å². The van der Waals surface area contributed by atoms with Gasteiger partial charge in [0.2, 0.25) is 0 Å². The second kappa shape index (κ2) is 7.29. The molecule has 0 aromatic rings. The predicted octanol–water partition coefficient (Wildman–Crippen LogP) is 2.79. The first kappa shape index (κ1) is 14.0. The smallest absolute Gasteiger partial charge is 0.00104 e. The highest BCUT2D eigenvalue weighted by atomic mass is 14.9. The quantitative estimate of drug-likeness (QED) is 0.728. The molecule has 0 bridgehead atoms. The Kier molecular flexibility index (Phi) is 6.37. The molecule has 0 unspecified atom stereocenters. The summed E-state index contributed by atoms with van der Waals surface area (Å²) in [4.78, 5) is 0. The number of nitrogens with one attached hydrogen (secondary N) is 2. The topological polar surface area (TPSA) is 24.1 Å². The molecular weight excluding hydrogens is 196 g/mol. The van der Waals surface area contributed by atoms with Gasteiger partial charge in [0.05, 0.1) is 0 Å². The van der Waals surface area contributed by atoms with Crippen LogP contribution in [0.1, 0.15) is 53.4 Å². The van der Waals surface area contributed by atoms with Gasteiger partial charge in [-0.1, -0.05) is 27.7 Å². The third-order valence-electron chi connectivity index (χ3n) is 3.60. The van der Waals surface area contributed by atoms with Crippen molar-refractivity contribution < 1.29 is 0 Å². The van der Waals surface area contributed by atoms with Crippen molar-refractivity contribution in [2.75, 3.05) is 13.1 Å². The summed E-state index contributed by atoms with van der Waals surface area (Å²) in [5.41, 5.74) is 0. The minimum atomic E-state index is 0.639. The average molecular weight is 226 g/mol. The lowest BCUT2D eigenvalue weighted by molar-refractivity contribution is 0.254. The van der Waals surface area contributed by atoms with Crippen molar-refractivity contribution in [3.8, 4) is 0 Å². The number of hydrogen-bond donors (Lipinski definition) is 2. The Morgan fingerprint density at radius 2 is 1.06 bits per heavy atom. The maximum atomic E-state index is 3.56. The second-order valence-electron chi connectivity index (χ2n) is 6.01. The normalized spacial score (nSPS) is 26.6. The van der Waals surface area contributed by atoms with Crippen LogP contribution in [0, 0.1) is 11.8 Å². The highest BCUT2D eigenvalue weighted by molar-refractivity contribution is 4.76. The number of hydrogen-bond acceptors (Lipinski definition) is 2. The van der Waals surface area contributed by atoms with Gasteiger partial charge in [0.1, 0.15) is 0 Å². The lowest BCUT2D eigenvalue weighted by Crippen LogP contribution is -2.34. The summed E-state index contributed by atoms with van der Waals surface area (Å²) in [5, 5.41) is 7.13. The first-order chi connectivity index (χ1) is 7.58. The van der Waals surface area contributed by atoms with Crippen molar-refractivity contribution in [3.05, 3.63) is 0 Å². The molecule has 0 aromatic carbocycles. The van der Waals surface area contributed by atoms with Crippen molar-refractivity contribution in [2.24, 2.45) is 11.8 Å². The van der Waals surface area contributed by atoms with Gasteiger partial charge in [0, 0.05) is 12.1 Å². The molecule has 2 heteroatoms. The van der Waals surface area contributed by atoms with E-state index in [2.05, 4.69) is 38.3 Å². The molecule has 0 aliphatic heterocycles. The van der Waals surface area contributed by atoms with Crippen LogP contribution in [0.15, 0.2) is 0 Å². The molecule has 1 aliphatic carbocycles. The summed E-state index contributed by atoms with van der Waals surface area (Å²) < 4.78 is 0. The molecule has 0 saturated heterocycles. The molecule has 1 fully saturated rings. The van der Waals surface area contributed by atoms with E-state index in [1.54, 1.807) is 0 Å². The zero-order chi connectivity index (χ0) is 12.0. The van der Waals surface area contributed by atoms with Crippen molar-refractivity contribution >= 4 is 0 Å². The zero-order valence-corrected chi connectivity index (χ0v) is 11.6. The Morgan fingerprint density at radius 1 is 0.750 bits per heavy atom. The summed E-state index contributed by atoms with van der Waals surface area (Å²) in [6, 6.07) is 1.28. The van der Waals surface area contributed by atoms with Crippen molar-refractivity contribution in [2.45, 2.75) is 65.5 Å². The SMILES string of the molecule is CC(C)NC[C@H]1CC[C@H](CNC(C)C)CC1. The molecule has 1 aliphatic rings. The second-order valence-corrected chi connectivity index (χ2v) is 6.01. The molecule has 16 heavy (non-hydrogen) atoms. The Labute approximate surface area is 102 Å². The summed E-state index contributed by atoms with van der Waals surface area (Å²) in [5.74, 6) is 1.86. The summed E-state index contributed by atoms with van der Waals surface area (Å²) in [6.45, 7) is 11.4. The third-order valence-corrected chi connectivity index (χ3v) is 3.60. The average Bonchev–Trinajstić information content (AvgIpc) is 2.25. The van der Waals surface area contributed by atoms with Crippen molar-refractivity contribution in [3.63, 3.8) is 0 Å². The maximum absolute atomic E-state index is 3.56. The van der Waals surface area contributed by atoms with E-state index in [0.29, 0.717) is 12.1 Å². The fourth-order valence-electron chi connectivity index (χ4n) is 2.44. The minimum Gasteiger partial charge on any atom is -0.314 e. The van der Waals surface area contributed by atoms with Crippen LogP contribution in [0.3, 0.4) is 0 Å². The standard InChI is InChI=1S/C14H30N2/c1-11(2)15-9-13-5-7-14(8-6-13)10-16-12(3)4/h11-16H,5-10H2,1-4H3/t13-,14-. The van der Waals surface area contributed by atoms with Gasteiger partial charge in [-0.05, 0) is 50.6 Å². The van der Waals surface area contributed by atoms with Gasteiger partial charge in [-0.3, -0.25) is 0 Å². The molecule has 1 rings (SSSR count). The minimum absolute atomic E-state index is 0.639. The summed E-state index contributed by atoms with van der Waals surface area (Å²) >= 11 is 0. The third kappa shape index (κ3) is 5.86. The van der Waals surface area contributed by atoms with Crippen LogP contribution in [-0.4, -0.2) is 25.2 Å². The molecule has 1 saturated carbocycles. The molecule has 2 N–H and O–H groups in total. The molecule has 96 valence electrons. The highest BCUT2D eigenvalue weighted by Gasteiger charge is 2.20. The van der Waals surface area contributed by atoms with Gasteiger partial charge in [0.25, 0.3) is 0 Å². The van der Waals surface area contributed by atoms with Crippen LogP contribution in [0.25, 0.3) is 0 Å². The first-order valence-electron chi connectivity index (χ1n) is 7.04. The van der Waals surface area contributed by atoms with Crippen LogP contribution < -0.4 is 10.6 Å². The van der Waals surface area contributed by atoms with E-state index in [9.17, 15) is 0 Å². The van der Waals surface area contributed by atoms with Crippen LogP contribution in [0.4, 0.5) is 0 Å². The Balaban J connectivity index is 2.09. The van der Waals surface area contributed by atoms with E-state index >= 15 is 0 Å². The van der Waals surface area contributed by atoms with E-state index in [4.69, 9.17) is 0 Å². The van der Waals surface area contributed by atoms with E-state index < -0.39 is 0 Å².